The van der Waals surface area contributed by atoms with Crippen LogP contribution in [0.15, 0.2) is 48.3 Å². The zero-order valence-electron chi connectivity index (χ0n) is 13.6. The lowest BCUT2D eigenvalue weighted by Crippen LogP contribution is -1.99. The van der Waals surface area contributed by atoms with E-state index in [1.165, 1.54) is 10.4 Å². The summed E-state index contributed by atoms with van der Waals surface area (Å²) in [7, 11) is 0. The van der Waals surface area contributed by atoms with Crippen LogP contribution in [-0.2, 0) is 0 Å². The van der Waals surface area contributed by atoms with Crippen molar-refractivity contribution in [2.24, 2.45) is 5.10 Å². The SMILES string of the molecule is C=CCOc1ccccc1/C=N\Nc1ncnc2sc(C)c(C)c12. The van der Waals surface area contributed by atoms with E-state index in [1.807, 2.05) is 24.3 Å². The van der Waals surface area contributed by atoms with Crippen molar-refractivity contribution < 1.29 is 4.74 Å². The second-order valence-electron chi connectivity index (χ2n) is 5.19. The van der Waals surface area contributed by atoms with Crippen LogP contribution in [0.2, 0.25) is 0 Å². The van der Waals surface area contributed by atoms with E-state index in [0.717, 1.165) is 21.5 Å². The Morgan fingerprint density at radius 2 is 2.12 bits per heavy atom. The molecule has 3 aromatic rings. The summed E-state index contributed by atoms with van der Waals surface area (Å²) < 4.78 is 5.62. The number of ether oxygens (including phenoxy) is 1. The average Bonchev–Trinajstić information content (AvgIpc) is 2.89. The second-order valence-corrected chi connectivity index (χ2v) is 6.40. The van der Waals surface area contributed by atoms with Gasteiger partial charge < -0.3 is 4.74 Å². The number of fused-ring (bicyclic) bond motifs is 1. The number of aryl methyl sites for hydroxylation is 2. The quantitative estimate of drug-likeness (QED) is 0.413. The lowest BCUT2D eigenvalue weighted by Gasteiger charge is -2.06. The average molecular weight is 338 g/mol. The molecule has 2 aromatic heterocycles. The summed E-state index contributed by atoms with van der Waals surface area (Å²) in [5.74, 6) is 1.47. The van der Waals surface area contributed by atoms with E-state index >= 15 is 0 Å². The topological polar surface area (TPSA) is 59.4 Å². The molecular formula is C18H18N4OS. The van der Waals surface area contributed by atoms with E-state index in [4.69, 9.17) is 4.74 Å². The van der Waals surface area contributed by atoms with Crippen LogP contribution in [0, 0.1) is 13.8 Å². The van der Waals surface area contributed by atoms with Crippen molar-refractivity contribution in [2.75, 3.05) is 12.0 Å². The van der Waals surface area contributed by atoms with Crippen molar-refractivity contribution in [1.29, 1.82) is 0 Å². The van der Waals surface area contributed by atoms with Crippen molar-refractivity contribution in [3.05, 3.63) is 59.3 Å². The lowest BCUT2D eigenvalue weighted by molar-refractivity contribution is 0.363. The number of aromatic nitrogens is 2. The van der Waals surface area contributed by atoms with Crippen LogP contribution >= 0.6 is 11.3 Å². The summed E-state index contributed by atoms with van der Waals surface area (Å²) in [4.78, 5) is 10.8. The summed E-state index contributed by atoms with van der Waals surface area (Å²) >= 11 is 1.66. The Hall–Kier alpha value is -2.73. The number of hydrogen-bond acceptors (Lipinski definition) is 6. The summed E-state index contributed by atoms with van der Waals surface area (Å²) in [5.41, 5.74) is 5.09. The Morgan fingerprint density at radius 1 is 1.29 bits per heavy atom. The summed E-state index contributed by atoms with van der Waals surface area (Å²) in [6.07, 6.45) is 4.99. The maximum atomic E-state index is 5.62. The highest BCUT2D eigenvalue weighted by Crippen LogP contribution is 2.32. The van der Waals surface area contributed by atoms with Gasteiger partial charge in [0.05, 0.1) is 11.6 Å². The molecule has 1 aromatic carbocycles. The highest BCUT2D eigenvalue weighted by molar-refractivity contribution is 7.18. The number of anilines is 1. The van der Waals surface area contributed by atoms with Crippen molar-refractivity contribution >= 4 is 33.6 Å². The molecule has 0 radical (unpaired) electrons. The number of benzene rings is 1. The molecule has 5 nitrogen and oxygen atoms in total. The molecule has 0 atom stereocenters. The fourth-order valence-electron chi connectivity index (χ4n) is 2.30. The summed E-state index contributed by atoms with van der Waals surface area (Å²) in [5, 5.41) is 5.34. The van der Waals surface area contributed by atoms with Crippen molar-refractivity contribution in [2.45, 2.75) is 13.8 Å². The summed E-state index contributed by atoms with van der Waals surface area (Å²) in [6.45, 7) is 8.28. The molecule has 0 bridgehead atoms. The van der Waals surface area contributed by atoms with E-state index in [0.29, 0.717) is 12.4 Å². The maximum absolute atomic E-state index is 5.62. The first-order chi connectivity index (χ1) is 11.7. The fourth-order valence-corrected chi connectivity index (χ4v) is 3.29. The van der Waals surface area contributed by atoms with Crippen molar-refractivity contribution in [1.82, 2.24) is 9.97 Å². The van der Waals surface area contributed by atoms with Crippen LogP contribution < -0.4 is 10.2 Å². The third-order valence-electron chi connectivity index (χ3n) is 3.62. The van der Waals surface area contributed by atoms with E-state index in [1.54, 1.807) is 30.0 Å². The fraction of sp³-hybridized carbons (Fsp3) is 0.167. The molecule has 2 heterocycles. The number of nitrogens with zero attached hydrogens (tertiary/aromatic N) is 3. The molecule has 0 amide bonds. The van der Waals surface area contributed by atoms with Gasteiger partial charge in [-0.1, -0.05) is 24.8 Å². The predicted octanol–water partition coefficient (Wildman–Crippen LogP) is 4.32. The van der Waals surface area contributed by atoms with Gasteiger partial charge in [-0.2, -0.15) is 5.10 Å². The maximum Gasteiger partial charge on any atom is 0.158 e. The van der Waals surface area contributed by atoms with Gasteiger partial charge in [-0.15, -0.1) is 11.3 Å². The first-order valence-electron chi connectivity index (χ1n) is 7.53. The Bertz CT molecular complexity index is 901. The van der Waals surface area contributed by atoms with Crippen LogP contribution in [0.1, 0.15) is 16.0 Å². The molecule has 3 rings (SSSR count). The number of thiophene rings is 1. The van der Waals surface area contributed by atoms with Gasteiger partial charge in [-0.3, -0.25) is 5.43 Å². The highest BCUT2D eigenvalue weighted by atomic mass is 32.1. The third-order valence-corrected chi connectivity index (χ3v) is 4.73. The summed E-state index contributed by atoms with van der Waals surface area (Å²) in [6, 6.07) is 7.71. The third kappa shape index (κ3) is 3.28. The van der Waals surface area contributed by atoms with Crippen molar-refractivity contribution in [3.63, 3.8) is 0 Å². The molecule has 0 aliphatic rings. The minimum Gasteiger partial charge on any atom is -0.489 e. The molecule has 24 heavy (non-hydrogen) atoms. The van der Waals surface area contributed by atoms with Crippen LogP contribution in [-0.4, -0.2) is 22.8 Å². The van der Waals surface area contributed by atoms with Crippen LogP contribution in [0.4, 0.5) is 5.82 Å². The molecule has 0 fully saturated rings. The monoisotopic (exact) mass is 338 g/mol. The standard InChI is InChI=1S/C18H18N4OS/c1-4-9-23-15-8-6-5-7-14(15)10-21-22-17-16-12(2)13(3)24-18(16)20-11-19-17/h4-8,10-11H,1,9H2,2-3H3,(H,19,20,22)/b21-10-. The molecule has 0 spiro atoms. The molecule has 6 heteroatoms. The Kier molecular flexibility index (Phi) is 4.86. The Balaban J connectivity index is 1.84. The van der Waals surface area contributed by atoms with Gasteiger partial charge in [0.25, 0.3) is 0 Å². The normalized spacial score (nSPS) is 11.1. The molecule has 0 saturated heterocycles. The van der Waals surface area contributed by atoms with E-state index < -0.39 is 0 Å². The smallest absolute Gasteiger partial charge is 0.158 e. The Labute approximate surface area is 144 Å². The zero-order chi connectivity index (χ0) is 16.9. The van der Waals surface area contributed by atoms with Gasteiger partial charge >= 0.3 is 0 Å². The molecular weight excluding hydrogens is 320 g/mol. The molecule has 0 aliphatic carbocycles. The molecule has 0 unspecified atom stereocenters. The van der Waals surface area contributed by atoms with E-state index in [2.05, 4.69) is 40.9 Å². The highest BCUT2D eigenvalue weighted by Gasteiger charge is 2.11. The van der Waals surface area contributed by atoms with Crippen LogP contribution in [0.25, 0.3) is 10.2 Å². The number of hydrogen-bond donors (Lipinski definition) is 1. The van der Waals surface area contributed by atoms with Gasteiger partial charge in [0.15, 0.2) is 5.82 Å². The minimum atomic E-state index is 0.457. The number of para-hydroxylation sites is 1. The van der Waals surface area contributed by atoms with Crippen molar-refractivity contribution in [3.8, 4) is 5.75 Å². The van der Waals surface area contributed by atoms with Gasteiger partial charge in [-0.25, -0.2) is 9.97 Å². The first kappa shape index (κ1) is 16.1. The van der Waals surface area contributed by atoms with E-state index in [-0.39, 0.29) is 0 Å². The van der Waals surface area contributed by atoms with Gasteiger partial charge in [0, 0.05) is 10.4 Å². The van der Waals surface area contributed by atoms with Gasteiger partial charge in [0.1, 0.15) is 23.5 Å². The second kappa shape index (κ2) is 7.23. The van der Waals surface area contributed by atoms with Gasteiger partial charge in [-0.05, 0) is 31.5 Å². The van der Waals surface area contributed by atoms with Gasteiger partial charge in [0.2, 0.25) is 0 Å². The van der Waals surface area contributed by atoms with Crippen LogP contribution in [0.5, 0.6) is 5.75 Å². The van der Waals surface area contributed by atoms with Crippen LogP contribution in [0.3, 0.4) is 0 Å². The zero-order valence-corrected chi connectivity index (χ0v) is 14.4. The van der Waals surface area contributed by atoms with E-state index in [9.17, 15) is 0 Å². The number of hydrazone groups is 1. The first-order valence-corrected chi connectivity index (χ1v) is 8.35. The lowest BCUT2D eigenvalue weighted by atomic mass is 10.2. The minimum absolute atomic E-state index is 0.457. The molecule has 0 saturated carbocycles. The number of nitrogens with one attached hydrogen (secondary N) is 1. The molecule has 0 aliphatic heterocycles. The largest absolute Gasteiger partial charge is 0.489 e. The number of rotatable bonds is 6. The predicted molar refractivity (Wildman–Crippen MR) is 100 cm³/mol. The molecule has 1 N–H and O–H groups in total. The molecule has 122 valence electrons. The Morgan fingerprint density at radius 3 is 2.96 bits per heavy atom.